The van der Waals surface area contributed by atoms with Gasteiger partial charge >= 0.3 is 0 Å². The smallest absolute Gasteiger partial charge is 0.282 e. The molecule has 1 N–H and O–H groups in total. The van der Waals surface area contributed by atoms with Gasteiger partial charge in [0.15, 0.2) is 5.78 Å². The molecule has 0 aromatic heterocycles. The van der Waals surface area contributed by atoms with E-state index >= 15 is 0 Å². The van der Waals surface area contributed by atoms with Gasteiger partial charge < -0.3 is 5.32 Å². The number of rotatable bonds is 7. The number of hydrogen-bond donors (Lipinski definition) is 1. The lowest BCUT2D eigenvalue weighted by atomic mass is 9.96. The van der Waals surface area contributed by atoms with Gasteiger partial charge in [-0.15, -0.1) is 0 Å². The van der Waals surface area contributed by atoms with E-state index in [1.807, 2.05) is 4.90 Å². The lowest BCUT2D eigenvalue weighted by molar-refractivity contribution is -0.117. The van der Waals surface area contributed by atoms with E-state index in [9.17, 15) is 18.0 Å². The van der Waals surface area contributed by atoms with Crippen molar-refractivity contribution in [2.75, 3.05) is 45.1 Å². The van der Waals surface area contributed by atoms with Crippen LogP contribution in [0.5, 0.6) is 0 Å². The Labute approximate surface area is 179 Å². The zero-order chi connectivity index (χ0) is 21.7. The quantitative estimate of drug-likeness (QED) is 0.660. The number of Topliss-reactive ketones (excluding diaryl/α,β-unsaturated/α-hetero) is 1. The predicted octanol–water partition coefficient (Wildman–Crippen LogP) is 1.95. The van der Waals surface area contributed by atoms with E-state index in [-0.39, 0.29) is 24.3 Å². The molecule has 2 fully saturated rings. The second-order valence-corrected chi connectivity index (χ2v) is 10.2. The van der Waals surface area contributed by atoms with E-state index in [1.165, 1.54) is 17.6 Å². The Morgan fingerprint density at radius 1 is 1.10 bits per heavy atom. The van der Waals surface area contributed by atoms with Crippen LogP contribution in [0.1, 0.15) is 49.4 Å². The molecule has 1 saturated carbocycles. The number of carbonyl (C=O) groups excluding carboxylic acids is 2. The molecule has 8 nitrogen and oxygen atoms in total. The van der Waals surface area contributed by atoms with E-state index in [4.69, 9.17) is 0 Å². The largest absolute Gasteiger partial charge is 0.325 e. The molecule has 2 aliphatic rings. The first kappa shape index (κ1) is 22.9. The summed E-state index contributed by atoms with van der Waals surface area (Å²) in [6.45, 7) is 3.47. The van der Waals surface area contributed by atoms with Crippen LogP contribution in [-0.2, 0) is 15.0 Å². The normalized spacial score (nSPS) is 19.7. The van der Waals surface area contributed by atoms with Crippen molar-refractivity contribution in [1.82, 2.24) is 13.5 Å². The van der Waals surface area contributed by atoms with Gasteiger partial charge in [0, 0.05) is 50.5 Å². The topological polar surface area (TPSA) is 90.0 Å². The number of nitrogens with one attached hydrogen (secondary N) is 1. The molecule has 1 aromatic carbocycles. The summed E-state index contributed by atoms with van der Waals surface area (Å²) in [5.74, 6) is -0.229. The summed E-state index contributed by atoms with van der Waals surface area (Å²) in [7, 11) is -1.77. The third-order valence-electron chi connectivity index (χ3n) is 6.03. The van der Waals surface area contributed by atoms with Gasteiger partial charge in [0.1, 0.15) is 0 Å². The van der Waals surface area contributed by atoms with E-state index < -0.39 is 10.2 Å². The van der Waals surface area contributed by atoms with Crippen molar-refractivity contribution < 1.29 is 18.0 Å². The molecule has 0 spiro atoms. The standard InChI is InChI=1S/C21H32N4O4S/c1-17(26)18-7-6-8-19(15-18)22-21(27)16-24-11-13-25(14-12-24)30(28,29)23(2)20-9-4-3-5-10-20/h6-8,15,20H,3-5,9-14,16H2,1-2H3,(H,22,27). The van der Waals surface area contributed by atoms with Crippen LogP contribution in [-0.4, -0.2) is 79.4 Å². The van der Waals surface area contributed by atoms with Crippen LogP contribution in [0.15, 0.2) is 24.3 Å². The molecular weight excluding hydrogens is 404 g/mol. The van der Waals surface area contributed by atoms with Crippen LogP contribution in [0.4, 0.5) is 5.69 Å². The van der Waals surface area contributed by atoms with Gasteiger partial charge in [-0.3, -0.25) is 14.5 Å². The third kappa shape index (κ3) is 5.66. The molecule has 166 valence electrons. The van der Waals surface area contributed by atoms with E-state index in [1.54, 1.807) is 35.6 Å². The first-order valence-electron chi connectivity index (χ1n) is 10.6. The monoisotopic (exact) mass is 436 g/mol. The molecule has 0 atom stereocenters. The SMILES string of the molecule is CC(=O)c1cccc(NC(=O)CN2CCN(S(=O)(=O)N(C)C3CCCCC3)CC2)c1. The highest BCUT2D eigenvalue weighted by atomic mass is 32.2. The minimum Gasteiger partial charge on any atom is -0.325 e. The Morgan fingerprint density at radius 3 is 2.40 bits per heavy atom. The summed E-state index contributed by atoms with van der Waals surface area (Å²) in [6, 6.07) is 6.95. The number of ketones is 1. The molecule has 3 rings (SSSR count). The molecule has 0 unspecified atom stereocenters. The van der Waals surface area contributed by atoms with Gasteiger partial charge in [0.25, 0.3) is 10.2 Å². The zero-order valence-corrected chi connectivity index (χ0v) is 18.7. The Balaban J connectivity index is 1.49. The van der Waals surface area contributed by atoms with Crippen molar-refractivity contribution >= 4 is 27.6 Å². The van der Waals surface area contributed by atoms with Crippen molar-refractivity contribution in [1.29, 1.82) is 0 Å². The lowest BCUT2D eigenvalue weighted by Gasteiger charge is -2.38. The molecule has 1 saturated heterocycles. The van der Waals surface area contributed by atoms with Crippen LogP contribution in [0.2, 0.25) is 0 Å². The fourth-order valence-electron chi connectivity index (χ4n) is 4.15. The maximum absolute atomic E-state index is 13.0. The van der Waals surface area contributed by atoms with Gasteiger partial charge in [0.2, 0.25) is 5.91 Å². The Hall–Kier alpha value is -1.81. The lowest BCUT2D eigenvalue weighted by Crippen LogP contribution is -2.55. The van der Waals surface area contributed by atoms with Crippen molar-refractivity contribution in [2.45, 2.75) is 45.1 Å². The molecule has 1 amide bonds. The molecule has 1 heterocycles. The van der Waals surface area contributed by atoms with Crippen molar-refractivity contribution in [2.24, 2.45) is 0 Å². The number of amides is 1. The molecule has 0 bridgehead atoms. The summed E-state index contributed by atoms with van der Waals surface area (Å²) in [4.78, 5) is 25.8. The summed E-state index contributed by atoms with van der Waals surface area (Å²) >= 11 is 0. The maximum atomic E-state index is 13.0. The molecule has 9 heteroatoms. The Bertz CT molecular complexity index is 860. The number of carbonyl (C=O) groups is 2. The van der Waals surface area contributed by atoms with Crippen molar-refractivity contribution in [3.8, 4) is 0 Å². The highest BCUT2D eigenvalue weighted by Crippen LogP contribution is 2.25. The summed E-state index contributed by atoms with van der Waals surface area (Å²) in [5, 5.41) is 2.81. The molecule has 0 radical (unpaired) electrons. The highest BCUT2D eigenvalue weighted by molar-refractivity contribution is 7.86. The zero-order valence-electron chi connectivity index (χ0n) is 17.8. The average Bonchev–Trinajstić information content (AvgIpc) is 2.74. The first-order valence-corrected chi connectivity index (χ1v) is 12.0. The molecule has 1 aromatic rings. The number of hydrogen-bond acceptors (Lipinski definition) is 5. The second-order valence-electron chi connectivity index (χ2n) is 8.18. The molecule has 1 aliphatic heterocycles. The van der Waals surface area contributed by atoms with Crippen LogP contribution in [0.3, 0.4) is 0 Å². The fraction of sp³-hybridized carbons (Fsp3) is 0.619. The van der Waals surface area contributed by atoms with Crippen LogP contribution < -0.4 is 5.32 Å². The molecule has 1 aliphatic carbocycles. The van der Waals surface area contributed by atoms with Crippen molar-refractivity contribution in [3.63, 3.8) is 0 Å². The second kappa shape index (κ2) is 10.00. The number of benzene rings is 1. The van der Waals surface area contributed by atoms with E-state index in [0.717, 1.165) is 25.7 Å². The van der Waals surface area contributed by atoms with Gasteiger partial charge in [0.05, 0.1) is 6.54 Å². The van der Waals surface area contributed by atoms with E-state index in [0.29, 0.717) is 37.4 Å². The van der Waals surface area contributed by atoms with Gasteiger partial charge in [-0.2, -0.15) is 17.0 Å². The Morgan fingerprint density at radius 2 is 1.77 bits per heavy atom. The number of nitrogens with zero attached hydrogens (tertiary/aromatic N) is 3. The summed E-state index contributed by atoms with van der Waals surface area (Å²) in [6.07, 6.45) is 5.22. The Kier molecular flexibility index (Phi) is 7.62. The number of piperazine rings is 1. The van der Waals surface area contributed by atoms with E-state index in [2.05, 4.69) is 5.32 Å². The van der Waals surface area contributed by atoms with Gasteiger partial charge in [-0.1, -0.05) is 31.4 Å². The first-order chi connectivity index (χ1) is 14.3. The fourth-order valence-corrected chi connectivity index (χ4v) is 5.73. The average molecular weight is 437 g/mol. The summed E-state index contributed by atoms with van der Waals surface area (Å²) < 4.78 is 29.0. The maximum Gasteiger partial charge on any atom is 0.282 e. The predicted molar refractivity (Wildman–Crippen MR) is 117 cm³/mol. The minimum atomic E-state index is -3.47. The molecular formula is C21H32N4O4S. The van der Waals surface area contributed by atoms with Crippen LogP contribution in [0, 0.1) is 0 Å². The third-order valence-corrected chi connectivity index (χ3v) is 8.07. The van der Waals surface area contributed by atoms with Gasteiger partial charge in [-0.25, -0.2) is 0 Å². The number of anilines is 1. The van der Waals surface area contributed by atoms with Gasteiger partial charge in [-0.05, 0) is 31.9 Å². The van der Waals surface area contributed by atoms with Crippen LogP contribution >= 0.6 is 0 Å². The highest BCUT2D eigenvalue weighted by Gasteiger charge is 2.34. The minimum absolute atomic E-state index is 0.0541. The molecule has 30 heavy (non-hydrogen) atoms. The van der Waals surface area contributed by atoms with Crippen LogP contribution in [0.25, 0.3) is 0 Å². The van der Waals surface area contributed by atoms with Crippen molar-refractivity contribution in [3.05, 3.63) is 29.8 Å². The summed E-state index contributed by atoms with van der Waals surface area (Å²) in [5.41, 5.74) is 1.14.